The highest BCUT2D eigenvalue weighted by Crippen LogP contribution is 2.21. The minimum absolute atomic E-state index is 0.140. The van der Waals surface area contributed by atoms with Crippen molar-refractivity contribution in [3.05, 3.63) is 63.9 Å². The van der Waals surface area contributed by atoms with Crippen molar-refractivity contribution in [2.24, 2.45) is 0 Å². The van der Waals surface area contributed by atoms with Crippen LogP contribution in [0.4, 0.5) is 5.69 Å². The largest absolute Gasteiger partial charge is 0.497 e. The van der Waals surface area contributed by atoms with E-state index in [1.54, 1.807) is 24.8 Å². The summed E-state index contributed by atoms with van der Waals surface area (Å²) in [5.74, 6) is 0.112. The minimum atomic E-state index is -0.381. The Morgan fingerprint density at radius 1 is 1.17 bits per heavy atom. The van der Waals surface area contributed by atoms with Crippen LogP contribution < -0.4 is 15.4 Å². The highest BCUT2D eigenvalue weighted by molar-refractivity contribution is 9.10. The number of aryl methyl sites for hydroxylation is 1. The lowest BCUT2D eigenvalue weighted by Gasteiger charge is -2.09. The molecule has 0 aliphatic carbocycles. The average Bonchev–Trinajstić information content (AvgIpc) is 3.12. The van der Waals surface area contributed by atoms with Gasteiger partial charge >= 0.3 is 0 Å². The van der Waals surface area contributed by atoms with Gasteiger partial charge in [0.05, 0.1) is 18.5 Å². The molecule has 0 bridgehead atoms. The lowest BCUT2D eigenvalue weighted by molar-refractivity contribution is -0.116. The number of nitrogens with zero attached hydrogens (tertiary/aromatic N) is 3. The van der Waals surface area contributed by atoms with Gasteiger partial charge < -0.3 is 15.4 Å². The van der Waals surface area contributed by atoms with Gasteiger partial charge in [0.15, 0.2) is 5.69 Å². The molecule has 0 fully saturated rings. The summed E-state index contributed by atoms with van der Waals surface area (Å²) < 4.78 is 7.67. The first-order chi connectivity index (χ1) is 14.4. The molecule has 0 atom stereocenters. The number of carbonyl (C=O) groups excluding carboxylic acids is 2. The zero-order valence-electron chi connectivity index (χ0n) is 16.9. The number of ether oxygens (including phenoxy) is 1. The smallest absolute Gasteiger partial charge is 0.273 e. The van der Waals surface area contributed by atoms with Crippen molar-refractivity contribution in [3.8, 4) is 11.4 Å². The minimum Gasteiger partial charge on any atom is -0.497 e. The highest BCUT2D eigenvalue weighted by atomic mass is 79.9. The molecule has 2 amide bonds. The predicted molar refractivity (Wildman–Crippen MR) is 117 cm³/mol. The summed E-state index contributed by atoms with van der Waals surface area (Å²) in [6, 6.07) is 13.0. The van der Waals surface area contributed by atoms with Crippen LogP contribution in [-0.2, 0) is 4.79 Å². The summed E-state index contributed by atoms with van der Waals surface area (Å²) in [5, 5.41) is 13.6. The summed E-state index contributed by atoms with van der Waals surface area (Å²) in [7, 11) is 1.58. The molecule has 1 heterocycles. The third-order valence-corrected chi connectivity index (χ3v) is 5.01. The summed E-state index contributed by atoms with van der Waals surface area (Å²) in [5.41, 5.74) is 3.23. The third-order valence-electron chi connectivity index (χ3n) is 4.52. The molecule has 0 aliphatic heterocycles. The molecule has 1 aromatic heterocycles. The van der Waals surface area contributed by atoms with E-state index in [1.165, 1.54) is 0 Å². The number of aromatic nitrogens is 3. The van der Waals surface area contributed by atoms with Crippen molar-refractivity contribution in [1.29, 1.82) is 0 Å². The number of halogens is 1. The van der Waals surface area contributed by atoms with E-state index in [4.69, 9.17) is 4.74 Å². The number of hydrogen-bond donors (Lipinski definition) is 2. The van der Waals surface area contributed by atoms with Gasteiger partial charge in [0.1, 0.15) is 5.75 Å². The molecule has 0 unspecified atom stereocenters. The van der Waals surface area contributed by atoms with Gasteiger partial charge in [0.2, 0.25) is 5.91 Å². The van der Waals surface area contributed by atoms with E-state index < -0.39 is 0 Å². The van der Waals surface area contributed by atoms with Crippen LogP contribution in [0.5, 0.6) is 5.75 Å². The topological polar surface area (TPSA) is 98.1 Å². The summed E-state index contributed by atoms with van der Waals surface area (Å²) in [4.78, 5) is 24.7. The number of nitrogens with one attached hydrogen (secondary N) is 2. The molecule has 9 heteroatoms. The molecule has 0 saturated heterocycles. The molecule has 156 valence electrons. The molecule has 30 heavy (non-hydrogen) atoms. The predicted octanol–water partition coefficient (Wildman–Crippen LogP) is 3.41. The van der Waals surface area contributed by atoms with Crippen LogP contribution in [0.3, 0.4) is 0 Å². The fraction of sp³-hybridized carbons (Fsp3) is 0.238. The maximum Gasteiger partial charge on any atom is 0.273 e. The lowest BCUT2D eigenvalue weighted by Crippen LogP contribution is -2.28. The van der Waals surface area contributed by atoms with Crippen molar-refractivity contribution in [2.45, 2.75) is 20.3 Å². The average molecular weight is 472 g/mol. The SMILES string of the molecule is COc1cccc(-n2nnc(C(=O)NCCC(=O)Nc3cc(Br)ccc3C)c2C)c1. The Hall–Kier alpha value is -3.20. The zero-order chi connectivity index (χ0) is 21.7. The number of methoxy groups -OCH3 is 1. The van der Waals surface area contributed by atoms with E-state index >= 15 is 0 Å². The zero-order valence-corrected chi connectivity index (χ0v) is 18.5. The lowest BCUT2D eigenvalue weighted by atomic mass is 10.2. The molecular formula is C21H22BrN5O3. The van der Waals surface area contributed by atoms with Gasteiger partial charge in [-0.3, -0.25) is 9.59 Å². The summed E-state index contributed by atoms with van der Waals surface area (Å²) >= 11 is 3.39. The van der Waals surface area contributed by atoms with Gasteiger partial charge in [-0.05, 0) is 43.7 Å². The number of hydrogen-bond acceptors (Lipinski definition) is 5. The van der Waals surface area contributed by atoms with Crippen LogP contribution in [0, 0.1) is 13.8 Å². The summed E-state index contributed by atoms with van der Waals surface area (Å²) in [6.07, 6.45) is 0.140. The van der Waals surface area contributed by atoms with Gasteiger partial charge in [0.25, 0.3) is 5.91 Å². The second-order valence-electron chi connectivity index (χ2n) is 6.65. The van der Waals surface area contributed by atoms with Crippen molar-refractivity contribution in [3.63, 3.8) is 0 Å². The first-order valence-electron chi connectivity index (χ1n) is 9.30. The van der Waals surface area contributed by atoms with E-state index in [2.05, 4.69) is 36.9 Å². The second kappa shape index (κ2) is 9.53. The highest BCUT2D eigenvalue weighted by Gasteiger charge is 2.17. The molecule has 0 saturated carbocycles. The monoisotopic (exact) mass is 471 g/mol. The molecule has 2 aromatic carbocycles. The fourth-order valence-corrected chi connectivity index (χ4v) is 3.20. The fourth-order valence-electron chi connectivity index (χ4n) is 2.84. The Kier molecular flexibility index (Phi) is 6.83. The number of benzene rings is 2. The van der Waals surface area contributed by atoms with Crippen molar-refractivity contribution < 1.29 is 14.3 Å². The second-order valence-corrected chi connectivity index (χ2v) is 7.57. The molecule has 0 spiro atoms. The van der Waals surface area contributed by atoms with Gasteiger partial charge in [-0.15, -0.1) is 5.10 Å². The first-order valence-corrected chi connectivity index (χ1v) is 10.1. The van der Waals surface area contributed by atoms with E-state index in [0.29, 0.717) is 11.4 Å². The maximum atomic E-state index is 12.5. The quantitative estimate of drug-likeness (QED) is 0.549. The van der Waals surface area contributed by atoms with Crippen molar-refractivity contribution >= 4 is 33.4 Å². The number of carbonyl (C=O) groups is 2. The van der Waals surface area contributed by atoms with Crippen LogP contribution in [-0.4, -0.2) is 40.5 Å². The van der Waals surface area contributed by atoms with Crippen LogP contribution >= 0.6 is 15.9 Å². The van der Waals surface area contributed by atoms with Crippen LogP contribution in [0.15, 0.2) is 46.9 Å². The molecular weight excluding hydrogens is 450 g/mol. The van der Waals surface area contributed by atoms with Gasteiger partial charge in [-0.25, -0.2) is 4.68 Å². The summed E-state index contributed by atoms with van der Waals surface area (Å²) in [6.45, 7) is 3.86. The molecule has 8 nitrogen and oxygen atoms in total. The molecule has 3 aromatic rings. The molecule has 2 N–H and O–H groups in total. The Morgan fingerprint density at radius 3 is 2.73 bits per heavy atom. The number of anilines is 1. The van der Waals surface area contributed by atoms with E-state index in [1.807, 2.05) is 43.3 Å². The van der Waals surface area contributed by atoms with E-state index in [9.17, 15) is 9.59 Å². The van der Waals surface area contributed by atoms with E-state index in [0.717, 1.165) is 21.4 Å². The third kappa shape index (κ3) is 5.04. The molecule has 3 rings (SSSR count). The van der Waals surface area contributed by atoms with Crippen LogP contribution in [0.25, 0.3) is 5.69 Å². The number of amides is 2. The Morgan fingerprint density at radius 2 is 1.97 bits per heavy atom. The molecule has 0 aliphatic rings. The number of rotatable bonds is 7. The van der Waals surface area contributed by atoms with Crippen LogP contribution in [0.1, 0.15) is 28.2 Å². The Bertz CT molecular complexity index is 1080. The van der Waals surface area contributed by atoms with Gasteiger partial charge in [-0.1, -0.05) is 33.3 Å². The van der Waals surface area contributed by atoms with Crippen molar-refractivity contribution in [1.82, 2.24) is 20.3 Å². The standard InChI is InChI=1S/C21H22BrN5O3/c1-13-7-8-15(22)11-18(13)24-19(28)9-10-23-21(29)20-14(2)27(26-25-20)16-5-4-6-17(12-16)30-3/h4-8,11-12H,9-10H2,1-3H3,(H,23,29)(H,24,28). The van der Waals surface area contributed by atoms with Gasteiger partial charge in [0, 0.05) is 29.2 Å². The molecule has 0 radical (unpaired) electrons. The van der Waals surface area contributed by atoms with E-state index in [-0.39, 0.29) is 30.5 Å². The van der Waals surface area contributed by atoms with Crippen molar-refractivity contribution in [2.75, 3.05) is 19.0 Å². The van der Waals surface area contributed by atoms with Crippen LogP contribution in [0.2, 0.25) is 0 Å². The normalized spacial score (nSPS) is 10.5. The Balaban J connectivity index is 1.58. The maximum absolute atomic E-state index is 12.5. The first kappa shape index (κ1) is 21.5. The van der Waals surface area contributed by atoms with Gasteiger partial charge in [-0.2, -0.15) is 0 Å². The Labute approximate surface area is 182 Å².